The molecule has 1 unspecified atom stereocenters. The minimum absolute atomic E-state index is 0.0655. The first-order valence-corrected chi connectivity index (χ1v) is 9.14. The number of aryl methyl sites for hydroxylation is 1. The first kappa shape index (κ1) is 17.1. The molecule has 124 valence electrons. The van der Waals surface area contributed by atoms with E-state index in [2.05, 4.69) is 0 Å². The zero-order chi connectivity index (χ0) is 16.3. The molecule has 0 saturated carbocycles. The minimum atomic E-state index is -3.59. The molecule has 0 aliphatic carbocycles. The van der Waals surface area contributed by atoms with Gasteiger partial charge in [0.2, 0.25) is 10.0 Å². The molecule has 0 aromatic heterocycles. The fraction of sp³-hybridized carbons (Fsp3) is 0.625. The van der Waals surface area contributed by atoms with Gasteiger partial charge in [0.15, 0.2) is 0 Å². The van der Waals surface area contributed by atoms with Crippen molar-refractivity contribution in [2.24, 2.45) is 0 Å². The summed E-state index contributed by atoms with van der Waals surface area (Å²) >= 11 is 0. The second-order valence-corrected chi connectivity index (χ2v) is 7.51. The highest BCUT2D eigenvalue weighted by atomic mass is 32.2. The zero-order valence-corrected chi connectivity index (χ0v) is 14.6. The molecule has 22 heavy (non-hydrogen) atoms. The van der Waals surface area contributed by atoms with E-state index in [1.54, 1.807) is 23.5 Å². The van der Waals surface area contributed by atoms with E-state index in [0.717, 1.165) is 31.2 Å². The molecule has 1 atom stereocenters. The maximum atomic E-state index is 13.1. The summed E-state index contributed by atoms with van der Waals surface area (Å²) in [5.41, 5.74) is 0.851. The Balaban J connectivity index is 2.52. The predicted octanol–water partition coefficient (Wildman–Crippen LogP) is 2.97. The van der Waals surface area contributed by atoms with Crippen LogP contribution in [0, 0.1) is 6.92 Å². The topological polar surface area (TPSA) is 55.8 Å². The summed E-state index contributed by atoms with van der Waals surface area (Å²) in [5.74, 6) is 0.933. The molecule has 1 aromatic rings. The molecule has 1 aliphatic heterocycles. The smallest absolute Gasteiger partial charge is 0.247 e. The van der Waals surface area contributed by atoms with Crippen LogP contribution in [0.5, 0.6) is 11.5 Å². The lowest BCUT2D eigenvalue weighted by atomic mass is 10.0. The van der Waals surface area contributed by atoms with Crippen LogP contribution in [-0.2, 0) is 10.0 Å². The molecule has 6 heteroatoms. The highest BCUT2D eigenvalue weighted by Crippen LogP contribution is 2.36. The molecular weight excluding hydrogens is 302 g/mol. The van der Waals surface area contributed by atoms with E-state index in [-0.39, 0.29) is 10.9 Å². The van der Waals surface area contributed by atoms with Crippen LogP contribution in [0.15, 0.2) is 17.0 Å². The van der Waals surface area contributed by atoms with E-state index in [1.165, 1.54) is 7.11 Å². The normalized spacial score (nSPS) is 19.9. The SMILES string of the molecule is CCC1CCCCN1S(=O)(=O)c1cc(OC)c(C)cc1OC. The molecule has 1 aromatic carbocycles. The van der Waals surface area contributed by atoms with Gasteiger partial charge in [-0.15, -0.1) is 0 Å². The van der Waals surface area contributed by atoms with Gasteiger partial charge in [0.05, 0.1) is 14.2 Å². The molecule has 0 N–H and O–H groups in total. The minimum Gasteiger partial charge on any atom is -0.496 e. The first-order chi connectivity index (χ1) is 10.5. The average molecular weight is 327 g/mol. The number of methoxy groups -OCH3 is 2. The summed E-state index contributed by atoms with van der Waals surface area (Å²) in [5, 5.41) is 0. The Labute approximate surface area is 133 Å². The number of rotatable bonds is 5. The summed E-state index contributed by atoms with van der Waals surface area (Å²) in [6.45, 7) is 4.47. The number of nitrogens with zero attached hydrogens (tertiary/aromatic N) is 1. The summed E-state index contributed by atoms with van der Waals surface area (Å²) in [6, 6.07) is 3.36. The largest absolute Gasteiger partial charge is 0.496 e. The second kappa shape index (κ2) is 6.87. The van der Waals surface area contributed by atoms with Gasteiger partial charge in [0, 0.05) is 18.7 Å². The zero-order valence-electron chi connectivity index (χ0n) is 13.8. The lowest BCUT2D eigenvalue weighted by Gasteiger charge is -2.34. The maximum Gasteiger partial charge on any atom is 0.247 e. The third-order valence-electron chi connectivity index (χ3n) is 4.31. The Morgan fingerprint density at radius 2 is 1.86 bits per heavy atom. The van der Waals surface area contributed by atoms with Gasteiger partial charge in [-0.05, 0) is 37.8 Å². The van der Waals surface area contributed by atoms with Gasteiger partial charge < -0.3 is 9.47 Å². The standard InChI is InChI=1S/C16H25NO4S/c1-5-13-8-6-7-9-17(13)22(18,19)16-11-14(20-3)12(2)10-15(16)21-4/h10-11,13H,5-9H2,1-4H3. The average Bonchev–Trinajstić information content (AvgIpc) is 2.54. The van der Waals surface area contributed by atoms with Crippen molar-refractivity contribution >= 4 is 10.0 Å². The molecule has 2 rings (SSSR count). The molecule has 1 heterocycles. The molecule has 0 spiro atoms. The van der Waals surface area contributed by atoms with Gasteiger partial charge in [-0.1, -0.05) is 13.3 Å². The van der Waals surface area contributed by atoms with Crippen LogP contribution < -0.4 is 9.47 Å². The fourth-order valence-corrected chi connectivity index (χ4v) is 4.97. The van der Waals surface area contributed by atoms with Crippen molar-refractivity contribution in [3.8, 4) is 11.5 Å². The van der Waals surface area contributed by atoms with Crippen molar-refractivity contribution in [2.75, 3.05) is 20.8 Å². The number of ether oxygens (including phenoxy) is 2. The number of hydrogen-bond acceptors (Lipinski definition) is 4. The predicted molar refractivity (Wildman–Crippen MR) is 86.1 cm³/mol. The molecular formula is C16H25NO4S. The Bertz CT molecular complexity index is 627. The van der Waals surface area contributed by atoms with Crippen LogP contribution in [0.2, 0.25) is 0 Å². The molecule has 0 bridgehead atoms. The highest BCUT2D eigenvalue weighted by molar-refractivity contribution is 7.89. The van der Waals surface area contributed by atoms with Gasteiger partial charge >= 0.3 is 0 Å². The summed E-state index contributed by atoms with van der Waals surface area (Å²) in [6.07, 6.45) is 3.73. The lowest BCUT2D eigenvalue weighted by Crippen LogP contribution is -2.43. The van der Waals surface area contributed by atoms with E-state index in [4.69, 9.17) is 9.47 Å². The van der Waals surface area contributed by atoms with Crippen LogP contribution in [0.4, 0.5) is 0 Å². The molecule has 1 aliphatic rings. The van der Waals surface area contributed by atoms with Gasteiger partial charge in [0.25, 0.3) is 0 Å². The lowest BCUT2D eigenvalue weighted by molar-refractivity contribution is 0.245. The van der Waals surface area contributed by atoms with Crippen molar-refractivity contribution in [2.45, 2.75) is 50.5 Å². The Hall–Kier alpha value is -1.27. The van der Waals surface area contributed by atoms with Gasteiger partial charge in [-0.3, -0.25) is 0 Å². The second-order valence-electron chi connectivity index (χ2n) is 5.65. The monoisotopic (exact) mass is 327 g/mol. The number of piperidine rings is 1. The van der Waals surface area contributed by atoms with E-state index in [9.17, 15) is 8.42 Å². The van der Waals surface area contributed by atoms with Crippen molar-refractivity contribution in [1.29, 1.82) is 0 Å². The van der Waals surface area contributed by atoms with E-state index in [1.807, 2.05) is 13.8 Å². The third-order valence-corrected chi connectivity index (χ3v) is 6.29. The fourth-order valence-electron chi connectivity index (χ4n) is 3.05. The van der Waals surface area contributed by atoms with E-state index >= 15 is 0 Å². The number of hydrogen-bond donors (Lipinski definition) is 0. The molecule has 0 radical (unpaired) electrons. The first-order valence-electron chi connectivity index (χ1n) is 7.70. The van der Waals surface area contributed by atoms with Crippen molar-refractivity contribution in [3.63, 3.8) is 0 Å². The third kappa shape index (κ3) is 3.08. The summed E-state index contributed by atoms with van der Waals surface area (Å²) in [7, 11) is -0.551. The van der Waals surface area contributed by atoms with Crippen LogP contribution in [0.3, 0.4) is 0 Å². The van der Waals surface area contributed by atoms with E-state index in [0.29, 0.717) is 18.0 Å². The highest BCUT2D eigenvalue weighted by Gasteiger charge is 2.34. The molecule has 0 amide bonds. The molecule has 1 fully saturated rings. The van der Waals surface area contributed by atoms with Gasteiger partial charge in [0.1, 0.15) is 16.4 Å². The number of sulfonamides is 1. The number of benzene rings is 1. The van der Waals surface area contributed by atoms with Crippen molar-refractivity contribution < 1.29 is 17.9 Å². The van der Waals surface area contributed by atoms with Gasteiger partial charge in [-0.25, -0.2) is 8.42 Å². The summed E-state index contributed by atoms with van der Waals surface area (Å²) < 4.78 is 38.4. The van der Waals surface area contributed by atoms with Crippen LogP contribution in [-0.4, -0.2) is 39.5 Å². The Kier molecular flexibility index (Phi) is 5.34. The van der Waals surface area contributed by atoms with Crippen LogP contribution in [0.25, 0.3) is 0 Å². The maximum absolute atomic E-state index is 13.1. The van der Waals surface area contributed by atoms with Crippen molar-refractivity contribution in [3.05, 3.63) is 17.7 Å². The van der Waals surface area contributed by atoms with Crippen LogP contribution in [0.1, 0.15) is 38.2 Å². The quantitative estimate of drug-likeness (QED) is 0.834. The van der Waals surface area contributed by atoms with Gasteiger partial charge in [-0.2, -0.15) is 4.31 Å². The summed E-state index contributed by atoms with van der Waals surface area (Å²) in [4.78, 5) is 0.192. The van der Waals surface area contributed by atoms with Crippen LogP contribution >= 0.6 is 0 Å². The molecule has 1 saturated heterocycles. The molecule has 5 nitrogen and oxygen atoms in total. The Morgan fingerprint density at radius 3 is 2.45 bits per heavy atom. The van der Waals surface area contributed by atoms with Crippen molar-refractivity contribution in [1.82, 2.24) is 4.31 Å². The Morgan fingerprint density at radius 1 is 1.18 bits per heavy atom. The van der Waals surface area contributed by atoms with E-state index < -0.39 is 10.0 Å².